The molecule has 1 N–H and O–H groups in total. The number of anilines is 1. The maximum atomic E-state index is 13.1. The quantitative estimate of drug-likeness (QED) is 0.297. The Labute approximate surface area is 198 Å². The summed E-state index contributed by atoms with van der Waals surface area (Å²) in [5.74, 6) is 0.186. The lowest BCUT2D eigenvalue weighted by atomic mass is 10.1. The van der Waals surface area contributed by atoms with Gasteiger partial charge < -0.3 is 23.7 Å². The van der Waals surface area contributed by atoms with Gasteiger partial charge in [-0.3, -0.25) is 9.20 Å². The summed E-state index contributed by atoms with van der Waals surface area (Å²) >= 11 is 4.88. The second kappa shape index (κ2) is 9.43. The third kappa shape index (κ3) is 4.32. The van der Waals surface area contributed by atoms with Crippen molar-refractivity contribution in [3.8, 4) is 27.7 Å². The average molecular weight is 486 g/mol. The van der Waals surface area contributed by atoms with Crippen LogP contribution in [-0.4, -0.2) is 42.6 Å². The molecule has 0 unspecified atom stereocenters. The van der Waals surface area contributed by atoms with E-state index in [0.29, 0.717) is 33.5 Å². The third-order valence-corrected chi connectivity index (χ3v) is 6.01. The number of para-hydroxylation sites is 1. The van der Waals surface area contributed by atoms with Crippen molar-refractivity contribution in [2.75, 3.05) is 26.6 Å². The molecule has 2 aromatic heterocycles. The predicted octanol–water partition coefficient (Wildman–Crippen LogP) is 4.34. The van der Waals surface area contributed by atoms with E-state index in [1.807, 2.05) is 24.4 Å². The lowest BCUT2D eigenvalue weighted by Crippen LogP contribution is -2.13. The van der Waals surface area contributed by atoms with E-state index in [-0.39, 0.29) is 11.6 Å². The van der Waals surface area contributed by atoms with Crippen LogP contribution in [0, 0.1) is 0 Å². The molecule has 0 radical (unpaired) electrons. The van der Waals surface area contributed by atoms with Gasteiger partial charge in [-0.2, -0.15) is 0 Å². The van der Waals surface area contributed by atoms with Crippen LogP contribution < -0.4 is 19.5 Å². The number of nitrogens with zero attached hydrogens (tertiary/aromatic N) is 2. The van der Waals surface area contributed by atoms with Gasteiger partial charge in [-0.25, -0.2) is 9.78 Å². The number of thiol groups is 1. The normalized spacial score (nSPS) is 10.7. The van der Waals surface area contributed by atoms with Crippen LogP contribution in [0.4, 0.5) is 5.69 Å². The smallest absolute Gasteiger partial charge is 0.370 e. The van der Waals surface area contributed by atoms with Crippen molar-refractivity contribution < 1.29 is 28.0 Å². The average Bonchev–Trinajstić information content (AvgIpc) is 3.42. The molecule has 0 saturated heterocycles. The number of nitrogens with one attached hydrogen (secondary N) is 1. The fourth-order valence-corrected chi connectivity index (χ4v) is 4.38. The summed E-state index contributed by atoms with van der Waals surface area (Å²) in [6.45, 7) is 0. The fourth-order valence-electron chi connectivity index (χ4n) is 3.28. The lowest BCUT2D eigenvalue weighted by Gasteiger charge is -2.15. The standard InChI is InChI=1S/C22H19N3O6S2/c1-28-16-8-12(9-17(29-2)19(16)30-3)20(26)23-14-7-5-4-6-13(14)18-11-25-10-15(21(27)31-32)24-22(25)33-18/h4-11,32H,1-3H3,(H,23,26). The molecule has 0 aliphatic carbocycles. The van der Waals surface area contributed by atoms with Crippen molar-refractivity contribution >= 4 is 46.8 Å². The van der Waals surface area contributed by atoms with Crippen molar-refractivity contribution in [3.63, 3.8) is 0 Å². The van der Waals surface area contributed by atoms with Gasteiger partial charge in [0, 0.05) is 42.1 Å². The maximum Gasteiger partial charge on any atom is 0.370 e. The Morgan fingerprint density at radius 1 is 1.03 bits per heavy atom. The SMILES string of the molecule is COc1cc(C(=O)Nc2ccccc2-c2cn3cc(C(=O)OS)nc3s2)cc(OC)c1OC. The number of methoxy groups -OCH3 is 3. The molecular formula is C22H19N3O6S2. The largest absolute Gasteiger partial charge is 0.493 e. The fraction of sp³-hybridized carbons (Fsp3) is 0.136. The number of hydrogen-bond acceptors (Lipinski definition) is 9. The molecule has 0 spiro atoms. The van der Waals surface area contributed by atoms with E-state index < -0.39 is 5.97 Å². The van der Waals surface area contributed by atoms with E-state index >= 15 is 0 Å². The number of amides is 1. The van der Waals surface area contributed by atoms with Gasteiger partial charge in [-0.1, -0.05) is 29.5 Å². The molecule has 170 valence electrons. The summed E-state index contributed by atoms with van der Waals surface area (Å²) in [7, 11) is 4.48. The van der Waals surface area contributed by atoms with Crippen molar-refractivity contribution in [3.05, 3.63) is 60.0 Å². The van der Waals surface area contributed by atoms with Gasteiger partial charge in [-0.15, -0.1) is 0 Å². The molecule has 11 heteroatoms. The van der Waals surface area contributed by atoms with Gasteiger partial charge in [0.25, 0.3) is 5.91 Å². The molecule has 0 aliphatic heterocycles. The van der Waals surface area contributed by atoms with E-state index in [1.54, 1.807) is 28.8 Å². The number of ether oxygens (including phenoxy) is 3. The van der Waals surface area contributed by atoms with E-state index in [2.05, 4.69) is 27.4 Å². The highest BCUT2D eigenvalue weighted by Gasteiger charge is 2.19. The Balaban J connectivity index is 1.66. The van der Waals surface area contributed by atoms with Crippen LogP contribution in [0.15, 0.2) is 48.8 Å². The van der Waals surface area contributed by atoms with Crippen LogP contribution >= 0.6 is 24.2 Å². The number of carbonyl (C=O) groups excluding carboxylic acids is 2. The number of aromatic nitrogens is 2. The molecule has 0 saturated carbocycles. The molecule has 0 atom stereocenters. The Morgan fingerprint density at radius 3 is 2.33 bits per heavy atom. The minimum Gasteiger partial charge on any atom is -0.493 e. The van der Waals surface area contributed by atoms with E-state index in [1.165, 1.54) is 32.7 Å². The van der Waals surface area contributed by atoms with Crippen LogP contribution in [0.3, 0.4) is 0 Å². The van der Waals surface area contributed by atoms with Crippen LogP contribution in [0.2, 0.25) is 0 Å². The van der Waals surface area contributed by atoms with E-state index in [4.69, 9.17) is 14.2 Å². The van der Waals surface area contributed by atoms with Gasteiger partial charge in [0.1, 0.15) is 0 Å². The third-order valence-electron chi connectivity index (χ3n) is 4.82. The number of thiazole rings is 1. The summed E-state index contributed by atoms with van der Waals surface area (Å²) < 4.78 is 22.1. The first-order valence-corrected chi connectivity index (χ1v) is 10.7. The highest BCUT2D eigenvalue weighted by Crippen LogP contribution is 2.39. The summed E-state index contributed by atoms with van der Waals surface area (Å²) in [6.07, 6.45) is 3.39. The second-order valence-electron chi connectivity index (χ2n) is 6.70. The van der Waals surface area contributed by atoms with Crippen molar-refractivity contribution in [2.24, 2.45) is 0 Å². The highest BCUT2D eigenvalue weighted by molar-refractivity contribution is 7.75. The number of benzene rings is 2. The molecule has 4 aromatic rings. The minimum absolute atomic E-state index is 0.159. The lowest BCUT2D eigenvalue weighted by molar-refractivity contribution is 0.0766. The maximum absolute atomic E-state index is 13.1. The zero-order valence-electron chi connectivity index (χ0n) is 17.8. The van der Waals surface area contributed by atoms with Crippen LogP contribution in [0.25, 0.3) is 15.4 Å². The molecule has 0 fully saturated rings. The van der Waals surface area contributed by atoms with Crippen molar-refractivity contribution in [1.82, 2.24) is 9.38 Å². The first-order valence-electron chi connectivity index (χ1n) is 9.54. The Morgan fingerprint density at radius 2 is 1.73 bits per heavy atom. The zero-order valence-corrected chi connectivity index (χ0v) is 19.5. The topological polar surface area (TPSA) is 100 Å². The monoisotopic (exact) mass is 485 g/mol. The van der Waals surface area contributed by atoms with Gasteiger partial charge >= 0.3 is 5.97 Å². The summed E-state index contributed by atoms with van der Waals surface area (Å²) in [4.78, 5) is 30.4. The minimum atomic E-state index is -0.631. The van der Waals surface area contributed by atoms with Gasteiger partial charge in [-0.05, 0) is 18.2 Å². The molecule has 2 aromatic carbocycles. The van der Waals surface area contributed by atoms with Gasteiger partial charge in [0.2, 0.25) is 5.75 Å². The Hall–Kier alpha value is -3.70. The molecule has 0 bridgehead atoms. The first-order chi connectivity index (χ1) is 16.0. The van der Waals surface area contributed by atoms with Gasteiger partial charge in [0.15, 0.2) is 22.2 Å². The number of fused-ring (bicyclic) bond motifs is 1. The first kappa shape index (κ1) is 22.5. The molecule has 0 aliphatic rings. The molecular weight excluding hydrogens is 466 g/mol. The van der Waals surface area contributed by atoms with Gasteiger partial charge in [0.05, 0.1) is 26.2 Å². The molecule has 1 amide bonds. The molecule has 2 heterocycles. The Kier molecular flexibility index (Phi) is 6.43. The molecule has 4 rings (SSSR count). The zero-order chi connectivity index (χ0) is 23.5. The van der Waals surface area contributed by atoms with Crippen LogP contribution in [-0.2, 0) is 4.18 Å². The molecule has 33 heavy (non-hydrogen) atoms. The van der Waals surface area contributed by atoms with Crippen LogP contribution in [0.1, 0.15) is 20.8 Å². The second-order valence-corrected chi connectivity index (χ2v) is 7.90. The number of carbonyl (C=O) groups is 2. The van der Waals surface area contributed by atoms with Crippen molar-refractivity contribution in [1.29, 1.82) is 0 Å². The summed E-state index contributed by atoms with van der Waals surface area (Å²) in [5, 5.41) is 2.94. The van der Waals surface area contributed by atoms with Crippen LogP contribution in [0.5, 0.6) is 17.2 Å². The van der Waals surface area contributed by atoms with E-state index in [9.17, 15) is 9.59 Å². The highest BCUT2D eigenvalue weighted by atomic mass is 32.1. The summed E-state index contributed by atoms with van der Waals surface area (Å²) in [5.41, 5.74) is 1.91. The van der Waals surface area contributed by atoms with Crippen molar-refractivity contribution in [2.45, 2.75) is 0 Å². The summed E-state index contributed by atoms with van der Waals surface area (Å²) in [6, 6.07) is 10.6. The number of hydrogen-bond donors (Lipinski definition) is 2. The molecule has 9 nitrogen and oxygen atoms in total. The predicted molar refractivity (Wildman–Crippen MR) is 127 cm³/mol. The number of rotatable bonds is 7. The Bertz CT molecular complexity index is 1290. The number of imidazole rings is 1. The van der Waals surface area contributed by atoms with E-state index in [0.717, 1.165) is 10.4 Å².